The molecule has 1 aliphatic carbocycles. The van der Waals surface area contributed by atoms with Gasteiger partial charge in [0, 0.05) is 50.8 Å². The zero-order valence-electron chi connectivity index (χ0n) is 18.0. The Bertz CT molecular complexity index is 1150. The van der Waals surface area contributed by atoms with Crippen molar-refractivity contribution in [1.29, 1.82) is 0 Å². The van der Waals surface area contributed by atoms with Crippen LogP contribution >= 0.6 is 11.6 Å². The summed E-state index contributed by atoms with van der Waals surface area (Å²) in [6, 6.07) is 8.08. The quantitative estimate of drug-likeness (QED) is 0.389. The molecule has 0 bridgehead atoms. The van der Waals surface area contributed by atoms with Gasteiger partial charge < -0.3 is 15.6 Å². The Morgan fingerprint density at radius 2 is 1.91 bits per heavy atom. The van der Waals surface area contributed by atoms with Crippen LogP contribution in [0.2, 0.25) is 5.02 Å². The van der Waals surface area contributed by atoms with Gasteiger partial charge in [0.05, 0.1) is 5.52 Å². The highest BCUT2D eigenvalue weighted by atomic mass is 35.5. The van der Waals surface area contributed by atoms with Crippen LogP contribution in [0, 0.1) is 13.8 Å². The SMILES string of the molecule is C=C(NC1CCCC(Nc2cc(C(F)(F)F)nc3ccc(Cl)cc23)C1)c1cc(C)[nH]c1C. The third kappa shape index (κ3) is 4.88. The van der Waals surface area contributed by atoms with Crippen molar-refractivity contribution in [1.82, 2.24) is 15.3 Å². The summed E-state index contributed by atoms with van der Waals surface area (Å²) in [6.07, 6.45) is -0.933. The molecule has 3 aromatic rings. The van der Waals surface area contributed by atoms with E-state index < -0.39 is 11.9 Å². The molecule has 2 unspecified atom stereocenters. The summed E-state index contributed by atoms with van der Waals surface area (Å²) in [5, 5.41) is 7.91. The molecule has 0 radical (unpaired) electrons. The third-order valence-electron chi connectivity index (χ3n) is 5.95. The second kappa shape index (κ2) is 8.70. The van der Waals surface area contributed by atoms with Crippen molar-refractivity contribution < 1.29 is 13.2 Å². The van der Waals surface area contributed by atoms with Crippen molar-refractivity contribution in [2.45, 2.75) is 57.8 Å². The number of fused-ring (bicyclic) bond motifs is 1. The zero-order chi connectivity index (χ0) is 23.0. The van der Waals surface area contributed by atoms with Gasteiger partial charge >= 0.3 is 6.18 Å². The first-order valence-electron chi connectivity index (χ1n) is 10.7. The second-order valence-electron chi connectivity index (χ2n) is 8.53. The topological polar surface area (TPSA) is 52.7 Å². The average molecular weight is 463 g/mol. The van der Waals surface area contributed by atoms with E-state index in [-0.39, 0.29) is 17.6 Å². The Morgan fingerprint density at radius 1 is 1.16 bits per heavy atom. The van der Waals surface area contributed by atoms with Crippen molar-refractivity contribution >= 4 is 33.9 Å². The maximum atomic E-state index is 13.4. The number of hydrogen-bond donors (Lipinski definition) is 3. The van der Waals surface area contributed by atoms with E-state index in [2.05, 4.69) is 33.2 Å². The molecule has 0 saturated heterocycles. The highest BCUT2D eigenvalue weighted by Crippen LogP contribution is 2.35. The summed E-state index contributed by atoms with van der Waals surface area (Å²) in [6.45, 7) is 8.21. The van der Waals surface area contributed by atoms with Gasteiger partial charge in [-0.1, -0.05) is 18.2 Å². The standard InChI is InChI=1S/C24H26ClF3N4/c1-13-9-19(14(2)29-13)15(3)30-17-5-4-6-18(11-17)31-22-12-23(24(26,27)28)32-21-8-7-16(25)10-20(21)22/h7-10,12,17-18,29-30H,3-6,11H2,1-2H3,(H,31,32). The van der Waals surface area contributed by atoms with Crippen LogP contribution in [0.3, 0.4) is 0 Å². The lowest BCUT2D eigenvalue weighted by atomic mass is 9.90. The van der Waals surface area contributed by atoms with Crippen LogP contribution in [0.5, 0.6) is 0 Å². The highest BCUT2D eigenvalue weighted by molar-refractivity contribution is 6.31. The van der Waals surface area contributed by atoms with E-state index in [1.165, 1.54) is 6.07 Å². The van der Waals surface area contributed by atoms with Gasteiger partial charge in [-0.3, -0.25) is 0 Å². The average Bonchev–Trinajstić information content (AvgIpc) is 3.06. The summed E-state index contributed by atoms with van der Waals surface area (Å²) in [5.41, 5.74) is 3.82. The third-order valence-corrected chi connectivity index (χ3v) is 6.18. The molecule has 1 aliphatic rings. The lowest BCUT2D eigenvalue weighted by Gasteiger charge is -2.32. The van der Waals surface area contributed by atoms with Crippen LogP contribution in [0.4, 0.5) is 18.9 Å². The summed E-state index contributed by atoms with van der Waals surface area (Å²) >= 11 is 6.12. The molecule has 2 aromatic heterocycles. The van der Waals surface area contributed by atoms with Crippen LogP contribution in [0.15, 0.2) is 36.9 Å². The molecule has 170 valence electrons. The lowest BCUT2D eigenvalue weighted by molar-refractivity contribution is -0.140. The van der Waals surface area contributed by atoms with E-state index >= 15 is 0 Å². The molecule has 32 heavy (non-hydrogen) atoms. The van der Waals surface area contributed by atoms with Crippen molar-refractivity contribution in [3.8, 4) is 0 Å². The Balaban J connectivity index is 1.54. The maximum Gasteiger partial charge on any atom is 0.433 e. The number of hydrogen-bond acceptors (Lipinski definition) is 3. The van der Waals surface area contributed by atoms with Crippen molar-refractivity contribution in [3.63, 3.8) is 0 Å². The van der Waals surface area contributed by atoms with E-state index in [4.69, 9.17) is 11.6 Å². The van der Waals surface area contributed by atoms with E-state index in [1.807, 2.05) is 13.8 Å². The summed E-state index contributed by atoms with van der Waals surface area (Å²) in [4.78, 5) is 7.07. The largest absolute Gasteiger partial charge is 0.433 e. The molecule has 1 aromatic carbocycles. The monoisotopic (exact) mass is 462 g/mol. The number of halogens is 4. The Morgan fingerprint density at radius 3 is 2.59 bits per heavy atom. The number of alkyl halides is 3. The molecule has 3 N–H and O–H groups in total. The van der Waals surface area contributed by atoms with Gasteiger partial charge in [0.15, 0.2) is 0 Å². The molecule has 8 heteroatoms. The number of nitrogens with one attached hydrogen (secondary N) is 3. The number of aromatic amines is 1. The number of rotatable bonds is 5. The fraction of sp³-hybridized carbons (Fsp3) is 0.375. The molecule has 0 amide bonds. The lowest BCUT2D eigenvalue weighted by Crippen LogP contribution is -2.38. The van der Waals surface area contributed by atoms with E-state index in [1.54, 1.807) is 12.1 Å². The molecule has 2 heterocycles. The number of anilines is 1. The molecule has 4 nitrogen and oxygen atoms in total. The maximum absolute atomic E-state index is 13.4. The number of pyridine rings is 1. The minimum Gasteiger partial charge on any atom is -0.382 e. The molecular formula is C24H26ClF3N4. The fourth-order valence-corrected chi connectivity index (χ4v) is 4.67. The number of aryl methyl sites for hydroxylation is 2. The number of nitrogens with zero attached hydrogens (tertiary/aromatic N) is 1. The first-order valence-corrected chi connectivity index (χ1v) is 11.0. The van der Waals surface area contributed by atoms with Gasteiger partial charge in [0.1, 0.15) is 5.69 Å². The molecule has 1 fully saturated rings. The normalized spacial score (nSPS) is 19.2. The summed E-state index contributed by atoms with van der Waals surface area (Å²) in [5.74, 6) is 0. The molecule has 4 rings (SSSR count). The van der Waals surface area contributed by atoms with Gasteiger partial charge in [-0.25, -0.2) is 4.98 Å². The predicted molar refractivity (Wildman–Crippen MR) is 124 cm³/mol. The first-order chi connectivity index (χ1) is 15.1. The van der Waals surface area contributed by atoms with Crippen molar-refractivity contribution in [3.05, 3.63) is 64.6 Å². The van der Waals surface area contributed by atoms with E-state index in [0.717, 1.165) is 54.4 Å². The fourth-order valence-electron chi connectivity index (χ4n) is 4.50. The smallest absolute Gasteiger partial charge is 0.382 e. The highest BCUT2D eigenvalue weighted by Gasteiger charge is 2.34. The zero-order valence-corrected chi connectivity index (χ0v) is 18.8. The van der Waals surface area contributed by atoms with Gasteiger partial charge in [-0.2, -0.15) is 13.2 Å². The van der Waals surface area contributed by atoms with Crippen molar-refractivity contribution in [2.75, 3.05) is 5.32 Å². The Hall–Kier alpha value is -2.67. The minimum absolute atomic E-state index is 0.0220. The minimum atomic E-state index is -4.52. The molecule has 2 atom stereocenters. The van der Waals surface area contributed by atoms with Gasteiger partial charge in [-0.15, -0.1) is 0 Å². The van der Waals surface area contributed by atoms with Crippen LogP contribution in [-0.4, -0.2) is 22.1 Å². The Kier molecular flexibility index (Phi) is 6.12. The van der Waals surface area contributed by atoms with Crippen LogP contribution in [-0.2, 0) is 6.18 Å². The second-order valence-corrected chi connectivity index (χ2v) is 8.97. The van der Waals surface area contributed by atoms with Crippen molar-refractivity contribution in [2.24, 2.45) is 0 Å². The molecule has 0 spiro atoms. The number of aromatic nitrogens is 2. The Labute approximate surface area is 190 Å². The van der Waals surface area contributed by atoms with Crippen LogP contribution in [0.25, 0.3) is 16.6 Å². The molecular weight excluding hydrogens is 437 g/mol. The van der Waals surface area contributed by atoms with Crippen LogP contribution < -0.4 is 10.6 Å². The molecule has 0 aliphatic heterocycles. The number of benzene rings is 1. The van der Waals surface area contributed by atoms with E-state index in [0.29, 0.717) is 16.1 Å². The molecule has 1 saturated carbocycles. The van der Waals surface area contributed by atoms with Gasteiger partial charge in [0.25, 0.3) is 0 Å². The summed E-state index contributed by atoms with van der Waals surface area (Å²) in [7, 11) is 0. The summed E-state index contributed by atoms with van der Waals surface area (Å²) < 4.78 is 40.2. The van der Waals surface area contributed by atoms with Crippen LogP contribution in [0.1, 0.15) is 48.3 Å². The van der Waals surface area contributed by atoms with Gasteiger partial charge in [0.2, 0.25) is 0 Å². The number of H-pyrrole nitrogens is 1. The first kappa shape index (κ1) is 22.5. The van der Waals surface area contributed by atoms with Gasteiger partial charge in [-0.05, 0) is 69.9 Å². The predicted octanol–water partition coefficient (Wildman–Crippen LogP) is 6.84. The van der Waals surface area contributed by atoms with E-state index in [9.17, 15) is 13.2 Å².